The van der Waals surface area contributed by atoms with Crippen LogP contribution in [0.25, 0.3) is 22.8 Å². The number of amides is 1. The first-order valence-corrected chi connectivity index (χ1v) is 11.4. The summed E-state index contributed by atoms with van der Waals surface area (Å²) in [5.74, 6) is 0.0703. The van der Waals surface area contributed by atoms with Crippen LogP contribution in [0.1, 0.15) is 37.4 Å². The van der Waals surface area contributed by atoms with Crippen LogP contribution in [0.4, 0.5) is 0 Å². The Hall–Kier alpha value is -3.07. The average molecular weight is 431 g/mol. The first-order chi connectivity index (χ1) is 14.2. The first-order valence-electron chi connectivity index (χ1n) is 9.78. The second-order valence-electron chi connectivity index (χ2n) is 7.20. The van der Waals surface area contributed by atoms with Crippen LogP contribution in [0.5, 0.6) is 5.75 Å². The lowest BCUT2D eigenvalue weighted by atomic mass is 10.2. The Labute approximate surface area is 175 Å². The second-order valence-corrected chi connectivity index (χ2v) is 9.04. The van der Waals surface area contributed by atoms with Crippen molar-refractivity contribution >= 4 is 32.9 Å². The van der Waals surface area contributed by atoms with Gasteiger partial charge in [-0.25, -0.2) is 13.1 Å². The molecule has 0 radical (unpaired) electrons. The molecule has 1 amide bonds. The van der Waals surface area contributed by atoms with E-state index in [1.165, 1.54) is 6.08 Å². The number of hydrogen-bond donors (Lipinski definition) is 2. The number of aryl methyl sites for hydroxylation is 2. The van der Waals surface area contributed by atoms with E-state index in [1.807, 2.05) is 36.7 Å². The normalized spacial score (nSPS) is 12.1. The maximum absolute atomic E-state index is 12.2. The standard InChI is InChI=1S/C21H26N4O4S/c1-4-5-6-13-30(28,29)23-20(27)10-9-18-15(2)22-24(3)21(18)25-12-11-16-7-8-17(26)14-19(16)25/h7-12,14,26H,4-6,13H2,1-3H3,(H,23,27). The highest BCUT2D eigenvalue weighted by atomic mass is 32.2. The molecule has 30 heavy (non-hydrogen) atoms. The summed E-state index contributed by atoms with van der Waals surface area (Å²) in [6, 6.07) is 7.00. The number of fused-ring (bicyclic) bond motifs is 1. The number of nitrogens with zero attached hydrogens (tertiary/aromatic N) is 3. The quantitative estimate of drug-likeness (QED) is 0.422. The Kier molecular flexibility index (Phi) is 6.31. The Balaban J connectivity index is 1.89. The zero-order valence-electron chi connectivity index (χ0n) is 17.3. The van der Waals surface area contributed by atoms with E-state index < -0.39 is 15.9 Å². The molecule has 0 saturated heterocycles. The number of phenols is 1. The van der Waals surface area contributed by atoms with E-state index >= 15 is 0 Å². The first kappa shape index (κ1) is 21.6. The molecule has 2 aromatic heterocycles. The van der Waals surface area contributed by atoms with Crippen LogP contribution in [0.2, 0.25) is 0 Å². The summed E-state index contributed by atoms with van der Waals surface area (Å²) in [4.78, 5) is 12.2. The molecule has 0 spiro atoms. The van der Waals surface area contributed by atoms with E-state index in [9.17, 15) is 18.3 Å². The van der Waals surface area contributed by atoms with Gasteiger partial charge in [-0.2, -0.15) is 5.10 Å². The van der Waals surface area contributed by atoms with Gasteiger partial charge in [0.05, 0.1) is 17.0 Å². The van der Waals surface area contributed by atoms with Gasteiger partial charge in [0, 0.05) is 36.3 Å². The summed E-state index contributed by atoms with van der Waals surface area (Å²) in [6.07, 6.45) is 6.83. The summed E-state index contributed by atoms with van der Waals surface area (Å²) in [5.41, 5.74) is 2.15. The van der Waals surface area contributed by atoms with Gasteiger partial charge in [-0.05, 0) is 37.6 Å². The molecule has 0 atom stereocenters. The number of benzene rings is 1. The number of carbonyl (C=O) groups is 1. The van der Waals surface area contributed by atoms with Crippen LogP contribution in [0.3, 0.4) is 0 Å². The van der Waals surface area contributed by atoms with Gasteiger partial charge in [-0.3, -0.25) is 9.48 Å². The number of rotatable bonds is 8. The minimum Gasteiger partial charge on any atom is -0.508 e. The van der Waals surface area contributed by atoms with Crippen LogP contribution in [-0.2, 0) is 21.9 Å². The third-order valence-corrected chi connectivity index (χ3v) is 6.15. The van der Waals surface area contributed by atoms with Crippen molar-refractivity contribution in [1.29, 1.82) is 0 Å². The minimum atomic E-state index is -3.65. The molecule has 2 heterocycles. The topological polar surface area (TPSA) is 106 Å². The number of phenolic OH excluding ortho intramolecular Hbond substituents is 1. The van der Waals surface area contributed by atoms with Crippen molar-refractivity contribution in [3.8, 4) is 11.6 Å². The monoisotopic (exact) mass is 430 g/mol. The maximum Gasteiger partial charge on any atom is 0.257 e. The highest BCUT2D eigenvalue weighted by Gasteiger charge is 2.17. The van der Waals surface area contributed by atoms with E-state index in [2.05, 4.69) is 9.82 Å². The zero-order valence-corrected chi connectivity index (χ0v) is 18.1. The predicted molar refractivity (Wildman–Crippen MR) is 117 cm³/mol. The molecule has 0 aliphatic carbocycles. The van der Waals surface area contributed by atoms with Gasteiger partial charge in [0.15, 0.2) is 0 Å². The highest BCUT2D eigenvalue weighted by molar-refractivity contribution is 7.90. The van der Waals surface area contributed by atoms with Gasteiger partial charge in [0.2, 0.25) is 10.0 Å². The molecule has 1 aromatic carbocycles. The highest BCUT2D eigenvalue weighted by Crippen LogP contribution is 2.27. The van der Waals surface area contributed by atoms with Gasteiger partial charge in [-0.1, -0.05) is 19.8 Å². The van der Waals surface area contributed by atoms with Gasteiger partial charge in [0.1, 0.15) is 11.6 Å². The largest absolute Gasteiger partial charge is 0.508 e. The summed E-state index contributed by atoms with van der Waals surface area (Å²) >= 11 is 0. The molecule has 160 valence electrons. The van der Waals surface area contributed by atoms with Crippen molar-refractivity contribution in [2.75, 3.05) is 5.75 Å². The van der Waals surface area contributed by atoms with Gasteiger partial charge < -0.3 is 9.67 Å². The van der Waals surface area contributed by atoms with E-state index in [1.54, 1.807) is 29.9 Å². The number of aromatic nitrogens is 3. The number of nitrogens with one attached hydrogen (secondary N) is 1. The van der Waals surface area contributed by atoms with E-state index in [0.717, 1.165) is 23.7 Å². The second kappa shape index (κ2) is 8.74. The summed E-state index contributed by atoms with van der Waals surface area (Å²) in [7, 11) is -1.87. The molecule has 3 rings (SSSR count). The van der Waals surface area contributed by atoms with Crippen LogP contribution < -0.4 is 4.72 Å². The van der Waals surface area contributed by atoms with E-state index in [0.29, 0.717) is 23.5 Å². The molecule has 0 aliphatic heterocycles. The Morgan fingerprint density at radius 1 is 1.27 bits per heavy atom. The lowest BCUT2D eigenvalue weighted by molar-refractivity contribution is -0.114. The Morgan fingerprint density at radius 2 is 2.03 bits per heavy atom. The lowest BCUT2D eigenvalue weighted by Gasteiger charge is -2.08. The molecular formula is C21H26N4O4S. The van der Waals surface area contributed by atoms with Gasteiger partial charge in [-0.15, -0.1) is 0 Å². The third-order valence-electron chi connectivity index (χ3n) is 4.82. The molecule has 3 aromatic rings. The molecular weight excluding hydrogens is 404 g/mol. The van der Waals surface area contributed by atoms with Crippen LogP contribution in [0.15, 0.2) is 36.5 Å². The molecule has 0 fully saturated rings. The molecule has 0 saturated carbocycles. The van der Waals surface area contributed by atoms with Crippen molar-refractivity contribution in [3.63, 3.8) is 0 Å². The van der Waals surface area contributed by atoms with Crippen LogP contribution in [-0.4, -0.2) is 39.5 Å². The van der Waals surface area contributed by atoms with Crippen molar-refractivity contribution in [2.24, 2.45) is 7.05 Å². The molecule has 8 nitrogen and oxygen atoms in total. The maximum atomic E-state index is 12.2. The Bertz CT molecular complexity index is 1210. The average Bonchev–Trinajstić information content (AvgIpc) is 3.18. The summed E-state index contributed by atoms with van der Waals surface area (Å²) in [5, 5.41) is 15.2. The molecule has 9 heteroatoms. The van der Waals surface area contributed by atoms with Crippen LogP contribution in [0, 0.1) is 6.92 Å². The number of carbonyl (C=O) groups excluding carboxylic acids is 1. The fourth-order valence-electron chi connectivity index (χ4n) is 3.38. The van der Waals surface area contributed by atoms with Crippen molar-refractivity contribution in [2.45, 2.75) is 33.1 Å². The third kappa shape index (κ3) is 4.73. The van der Waals surface area contributed by atoms with Gasteiger partial charge >= 0.3 is 0 Å². The minimum absolute atomic E-state index is 0.0730. The number of hydrogen-bond acceptors (Lipinski definition) is 5. The number of sulfonamides is 1. The summed E-state index contributed by atoms with van der Waals surface area (Å²) < 4.78 is 29.7. The molecule has 0 unspecified atom stereocenters. The zero-order chi connectivity index (χ0) is 21.9. The van der Waals surface area contributed by atoms with Crippen molar-refractivity contribution in [3.05, 3.63) is 47.8 Å². The molecule has 0 bridgehead atoms. The fraction of sp³-hybridized carbons (Fsp3) is 0.333. The lowest BCUT2D eigenvalue weighted by Crippen LogP contribution is -2.31. The molecule has 0 aliphatic rings. The molecule has 2 N–H and O–H groups in total. The number of unbranched alkanes of at least 4 members (excludes halogenated alkanes) is 2. The van der Waals surface area contributed by atoms with Crippen molar-refractivity contribution in [1.82, 2.24) is 19.1 Å². The van der Waals surface area contributed by atoms with Crippen molar-refractivity contribution < 1.29 is 18.3 Å². The van der Waals surface area contributed by atoms with Gasteiger partial charge in [0.25, 0.3) is 5.91 Å². The number of aromatic hydroxyl groups is 1. The predicted octanol–water partition coefficient (Wildman–Crippen LogP) is 3.03. The fourth-order valence-corrected chi connectivity index (χ4v) is 4.44. The SMILES string of the molecule is CCCCCS(=O)(=O)NC(=O)C=Cc1c(C)nn(C)c1-n1ccc2ccc(O)cc21. The Morgan fingerprint density at radius 3 is 2.77 bits per heavy atom. The van der Waals surface area contributed by atoms with E-state index in [-0.39, 0.29) is 11.5 Å². The summed E-state index contributed by atoms with van der Waals surface area (Å²) in [6.45, 7) is 3.79. The van der Waals surface area contributed by atoms with Crippen LogP contribution >= 0.6 is 0 Å². The smallest absolute Gasteiger partial charge is 0.257 e. The van der Waals surface area contributed by atoms with E-state index in [4.69, 9.17) is 0 Å².